The van der Waals surface area contributed by atoms with Gasteiger partial charge in [0.2, 0.25) is 5.91 Å². The van der Waals surface area contributed by atoms with Gasteiger partial charge in [-0.3, -0.25) is 9.59 Å². The summed E-state index contributed by atoms with van der Waals surface area (Å²) in [6, 6.07) is 6.37. The van der Waals surface area contributed by atoms with Gasteiger partial charge in [0.25, 0.3) is 0 Å². The van der Waals surface area contributed by atoms with E-state index in [-0.39, 0.29) is 18.6 Å². The van der Waals surface area contributed by atoms with E-state index in [1.807, 2.05) is 0 Å². The molecule has 2 rings (SSSR count). The van der Waals surface area contributed by atoms with Crippen molar-refractivity contribution in [3.05, 3.63) is 35.4 Å². The van der Waals surface area contributed by atoms with Crippen molar-refractivity contribution in [2.24, 2.45) is 0 Å². The van der Waals surface area contributed by atoms with Crippen molar-refractivity contribution in [2.75, 3.05) is 13.2 Å². The van der Waals surface area contributed by atoms with Crippen LogP contribution in [0.2, 0.25) is 0 Å². The van der Waals surface area contributed by atoms with Gasteiger partial charge in [-0.15, -0.1) is 0 Å². The number of hydrogen-bond donors (Lipinski definition) is 1. The smallest absolute Gasteiger partial charge is 0.397 e. The van der Waals surface area contributed by atoms with Crippen molar-refractivity contribution < 1.29 is 28.7 Å². The average Bonchev–Trinajstić information content (AvgIpc) is 3.11. The fourth-order valence-electron chi connectivity index (χ4n) is 2.96. The van der Waals surface area contributed by atoms with Gasteiger partial charge in [-0.05, 0) is 51.3 Å². The quantitative estimate of drug-likeness (QED) is 0.593. The second-order valence-corrected chi connectivity index (χ2v) is 8.00. The van der Waals surface area contributed by atoms with Crippen molar-refractivity contribution in [2.45, 2.75) is 58.7 Å². The van der Waals surface area contributed by atoms with Crippen molar-refractivity contribution in [1.29, 1.82) is 0 Å². The zero-order valence-corrected chi connectivity index (χ0v) is 17.3. The number of likely N-dealkylation sites (tertiary alicyclic amines) is 1. The molecule has 1 unspecified atom stereocenters. The molecule has 1 aliphatic rings. The predicted molar refractivity (Wildman–Crippen MR) is 105 cm³/mol. The third-order valence-corrected chi connectivity index (χ3v) is 4.35. The summed E-state index contributed by atoms with van der Waals surface area (Å²) in [5.41, 5.74) is 0.488. The summed E-state index contributed by atoms with van der Waals surface area (Å²) in [6.07, 6.45) is 1.38. The van der Waals surface area contributed by atoms with E-state index in [0.29, 0.717) is 25.1 Å². The van der Waals surface area contributed by atoms with E-state index in [2.05, 4.69) is 5.32 Å². The lowest BCUT2D eigenvalue weighted by molar-refractivity contribution is -0.168. The molecule has 2 amide bonds. The Morgan fingerprint density at radius 1 is 1.14 bits per heavy atom. The van der Waals surface area contributed by atoms with E-state index < -0.39 is 23.4 Å². The van der Waals surface area contributed by atoms with Crippen LogP contribution in [-0.4, -0.2) is 53.4 Å². The Balaban J connectivity index is 1.89. The van der Waals surface area contributed by atoms with E-state index in [0.717, 1.165) is 12.0 Å². The highest BCUT2D eigenvalue weighted by Crippen LogP contribution is 2.20. The van der Waals surface area contributed by atoms with E-state index in [1.54, 1.807) is 45.0 Å². The SMILES string of the molecule is CC(=O)NCc1ccc(C(=O)OCC2CCCN2C(=O)C(=O)OC(C)(C)C)cc1. The molecule has 0 aromatic heterocycles. The summed E-state index contributed by atoms with van der Waals surface area (Å²) < 4.78 is 10.5. The molecule has 1 aliphatic heterocycles. The molecule has 1 heterocycles. The lowest BCUT2D eigenvalue weighted by Gasteiger charge is -2.25. The molecule has 0 spiro atoms. The second-order valence-electron chi connectivity index (χ2n) is 8.00. The first kappa shape index (κ1) is 22.4. The monoisotopic (exact) mass is 404 g/mol. The third kappa shape index (κ3) is 6.89. The summed E-state index contributed by atoms with van der Waals surface area (Å²) in [7, 11) is 0. The van der Waals surface area contributed by atoms with Crippen LogP contribution in [0.3, 0.4) is 0 Å². The van der Waals surface area contributed by atoms with Gasteiger partial charge in [-0.1, -0.05) is 12.1 Å². The summed E-state index contributed by atoms with van der Waals surface area (Å²) in [5, 5.41) is 2.68. The van der Waals surface area contributed by atoms with Crippen LogP contribution in [0.5, 0.6) is 0 Å². The molecule has 0 bridgehead atoms. The highest BCUT2D eigenvalue weighted by atomic mass is 16.6. The Labute approximate surface area is 170 Å². The Morgan fingerprint density at radius 2 is 1.79 bits per heavy atom. The van der Waals surface area contributed by atoms with Crippen LogP contribution in [0.15, 0.2) is 24.3 Å². The molecule has 1 fully saturated rings. The first-order valence-electron chi connectivity index (χ1n) is 9.61. The third-order valence-electron chi connectivity index (χ3n) is 4.35. The minimum Gasteiger partial charge on any atom is -0.460 e. The van der Waals surface area contributed by atoms with Crippen LogP contribution >= 0.6 is 0 Å². The van der Waals surface area contributed by atoms with Crippen molar-refractivity contribution >= 4 is 23.8 Å². The molecule has 29 heavy (non-hydrogen) atoms. The highest BCUT2D eigenvalue weighted by Gasteiger charge is 2.35. The van der Waals surface area contributed by atoms with E-state index in [4.69, 9.17) is 9.47 Å². The van der Waals surface area contributed by atoms with Crippen LogP contribution in [0, 0.1) is 0 Å². The number of benzene rings is 1. The number of ether oxygens (including phenoxy) is 2. The first-order valence-corrected chi connectivity index (χ1v) is 9.61. The molecule has 0 aliphatic carbocycles. The zero-order valence-electron chi connectivity index (χ0n) is 17.3. The number of esters is 2. The lowest BCUT2D eigenvalue weighted by Crippen LogP contribution is -2.44. The number of nitrogens with one attached hydrogen (secondary N) is 1. The van der Waals surface area contributed by atoms with Crippen molar-refractivity contribution in [3.8, 4) is 0 Å². The molecule has 1 aromatic rings. The fourth-order valence-corrected chi connectivity index (χ4v) is 2.96. The summed E-state index contributed by atoms with van der Waals surface area (Å²) >= 11 is 0. The Morgan fingerprint density at radius 3 is 2.38 bits per heavy atom. The maximum absolute atomic E-state index is 12.4. The van der Waals surface area contributed by atoms with Crippen LogP contribution in [0.25, 0.3) is 0 Å². The second kappa shape index (κ2) is 9.54. The van der Waals surface area contributed by atoms with Gasteiger partial charge in [0, 0.05) is 20.0 Å². The van der Waals surface area contributed by atoms with Crippen LogP contribution < -0.4 is 5.32 Å². The van der Waals surface area contributed by atoms with Gasteiger partial charge < -0.3 is 19.7 Å². The molecule has 1 saturated heterocycles. The zero-order chi connectivity index (χ0) is 21.6. The molecule has 1 aromatic carbocycles. The number of carbonyl (C=O) groups is 4. The molecule has 158 valence electrons. The maximum atomic E-state index is 12.4. The molecule has 0 saturated carbocycles. The maximum Gasteiger partial charge on any atom is 0.397 e. The number of rotatable bonds is 5. The van der Waals surface area contributed by atoms with Gasteiger partial charge in [0.1, 0.15) is 12.2 Å². The molecule has 1 atom stereocenters. The Bertz CT molecular complexity index is 766. The van der Waals surface area contributed by atoms with Crippen LogP contribution in [-0.2, 0) is 30.4 Å². The number of hydrogen-bond acceptors (Lipinski definition) is 6. The molecular formula is C21H28N2O6. The Hall–Kier alpha value is -2.90. The minimum absolute atomic E-state index is 0.0149. The largest absolute Gasteiger partial charge is 0.460 e. The highest BCUT2D eigenvalue weighted by molar-refractivity contribution is 6.32. The molecule has 1 N–H and O–H groups in total. The number of amides is 2. The van der Waals surface area contributed by atoms with Gasteiger partial charge in [-0.2, -0.15) is 0 Å². The summed E-state index contributed by atoms with van der Waals surface area (Å²) in [4.78, 5) is 49.1. The van der Waals surface area contributed by atoms with Crippen molar-refractivity contribution in [3.63, 3.8) is 0 Å². The van der Waals surface area contributed by atoms with Crippen molar-refractivity contribution in [1.82, 2.24) is 10.2 Å². The van der Waals surface area contributed by atoms with Gasteiger partial charge in [-0.25, -0.2) is 9.59 Å². The number of carbonyl (C=O) groups excluding carboxylic acids is 4. The van der Waals surface area contributed by atoms with E-state index in [9.17, 15) is 19.2 Å². The van der Waals surface area contributed by atoms with Gasteiger partial charge in [0.15, 0.2) is 0 Å². The summed E-state index contributed by atoms with van der Waals surface area (Å²) in [5.74, 6) is -2.24. The molecule has 8 nitrogen and oxygen atoms in total. The predicted octanol–water partition coefficient (Wildman–Crippen LogP) is 1.81. The van der Waals surface area contributed by atoms with Crippen LogP contribution in [0.1, 0.15) is 56.5 Å². The first-order chi connectivity index (χ1) is 13.6. The lowest BCUT2D eigenvalue weighted by atomic mass is 10.1. The van der Waals surface area contributed by atoms with E-state index in [1.165, 1.54) is 11.8 Å². The topological polar surface area (TPSA) is 102 Å². The normalized spacial score (nSPS) is 16.3. The average molecular weight is 404 g/mol. The molecule has 0 radical (unpaired) electrons. The Kier molecular flexibility index (Phi) is 7.36. The fraction of sp³-hybridized carbons (Fsp3) is 0.524. The molecule has 8 heteroatoms. The minimum atomic E-state index is -0.898. The van der Waals surface area contributed by atoms with E-state index >= 15 is 0 Å². The number of nitrogens with zero attached hydrogens (tertiary/aromatic N) is 1. The molecular weight excluding hydrogens is 376 g/mol. The van der Waals surface area contributed by atoms with Gasteiger partial charge in [0.05, 0.1) is 11.6 Å². The standard InChI is InChI=1S/C21H28N2O6/c1-14(24)22-12-15-7-9-16(10-8-15)19(26)28-13-17-6-5-11-23(17)18(25)20(27)29-21(2,3)4/h7-10,17H,5-6,11-13H2,1-4H3,(H,22,24). The van der Waals surface area contributed by atoms with Gasteiger partial charge >= 0.3 is 17.8 Å². The van der Waals surface area contributed by atoms with Crippen LogP contribution in [0.4, 0.5) is 0 Å². The summed E-state index contributed by atoms with van der Waals surface area (Å²) in [6.45, 7) is 7.36.